The van der Waals surface area contributed by atoms with Gasteiger partial charge >= 0.3 is 0 Å². The van der Waals surface area contributed by atoms with Gasteiger partial charge in [0.2, 0.25) is 0 Å². The van der Waals surface area contributed by atoms with Crippen molar-refractivity contribution < 1.29 is 15.2 Å². The molecule has 0 fully saturated rings. The Hall–Kier alpha value is -1.22. The molecule has 0 saturated carbocycles. The second kappa shape index (κ2) is 3.25. The molecule has 1 aromatic rings. The van der Waals surface area contributed by atoms with Crippen molar-refractivity contribution in [2.24, 2.45) is 0 Å². The lowest BCUT2D eigenvalue weighted by atomic mass is 10.3. The van der Waals surface area contributed by atoms with Crippen molar-refractivity contribution in [1.82, 2.24) is 0 Å². The van der Waals surface area contributed by atoms with Gasteiger partial charge in [-0.25, -0.2) is 0 Å². The van der Waals surface area contributed by atoms with Gasteiger partial charge in [-0.05, 0) is 6.07 Å². The molecule has 0 aliphatic rings. The third kappa shape index (κ3) is 1.62. The number of phenols is 1. The van der Waals surface area contributed by atoms with Crippen LogP contribution < -0.4 is 10.1 Å². The number of benzene rings is 1. The van der Waals surface area contributed by atoms with E-state index >= 15 is 0 Å². The Labute approximate surface area is 65.6 Å². The molecule has 1 aromatic carbocycles. The molecule has 0 saturated heterocycles. The molecule has 0 bridgehead atoms. The fourth-order valence-corrected chi connectivity index (χ4v) is 0.834. The van der Waals surface area contributed by atoms with E-state index in [9.17, 15) is 5.11 Å². The zero-order chi connectivity index (χ0) is 8.27. The maximum Gasteiger partial charge on any atom is 0.163 e. The van der Waals surface area contributed by atoms with Crippen molar-refractivity contribution in [3.05, 3.63) is 25.2 Å². The van der Waals surface area contributed by atoms with Crippen molar-refractivity contribution in [2.45, 2.75) is 0 Å². The van der Waals surface area contributed by atoms with E-state index in [-0.39, 0.29) is 5.75 Å². The molecule has 0 spiro atoms. The van der Waals surface area contributed by atoms with Crippen LogP contribution in [0.1, 0.15) is 0 Å². The molecule has 0 heterocycles. The average molecular weight is 153 g/mol. The largest absolute Gasteiger partial charge is 0.504 e. The van der Waals surface area contributed by atoms with Gasteiger partial charge in [-0.15, -0.1) is 7.05 Å². The van der Waals surface area contributed by atoms with Crippen molar-refractivity contribution in [3.63, 3.8) is 0 Å². The van der Waals surface area contributed by atoms with E-state index in [2.05, 4.69) is 7.05 Å². The van der Waals surface area contributed by atoms with Crippen molar-refractivity contribution in [1.29, 1.82) is 0 Å². The second-order valence-corrected chi connectivity index (χ2v) is 2.14. The monoisotopic (exact) mass is 153 g/mol. The predicted octanol–water partition coefficient (Wildman–Crippen LogP) is 0.387. The molecule has 1 rings (SSSR count). The smallest absolute Gasteiger partial charge is 0.163 e. The summed E-state index contributed by atoms with van der Waals surface area (Å²) in [5.74, 6) is 0.625. The van der Waals surface area contributed by atoms with Crippen molar-refractivity contribution in [3.8, 4) is 11.5 Å². The summed E-state index contributed by atoms with van der Waals surface area (Å²) in [4.78, 5) is 0. The lowest BCUT2D eigenvalue weighted by Gasteiger charge is -2.04. The van der Waals surface area contributed by atoms with E-state index < -0.39 is 0 Å². The number of aromatic hydroxyl groups is 1. The molecule has 0 aromatic heterocycles. The highest BCUT2D eigenvalue weighted by Crippen LogP contribution is 2.26. The Bertz CT molecular complexity index is 248. The summed E-state index contributed by atoms with van der Waals surface area (Å²) in [7, 11) is 5.09. The normalized spacial score (nSPS) is 9.64. The summed E-state index contributed by atoms with van der Waals surface area (Å²) >= 11 is 0. The highest BCUT2D eigenvalue weighted by atomic mass is 16.5. The topological polar surface area (TPSA) is 46.1 Å². The van der Waals surface area contributed by atoms with Crippen LogP contribution in [0.4, 0.5) is 5.69 Å². The molecule has 0 unspecified atom stereocenters. The van der Waals surface area contributed by atoms with E-state index in [0.717, 1.165) is 5.69 Å². The Balaban J connectivity index is 2.99. The number of phenolic OH excluding ortho intramolecular Hbond substituents is 1. The standard InChI is InChI=1S/C8H11NO2/c1-9-6-3-4-8(11-2)7(10)5-6/h3-5,10H,1,9H2,2H3. The first-order chi connectivity index (χ1) is 5.27. The van der Waals surface area contributed by atoms with Gasteiger partial charge in [0.05, 0.1) is 7.11 Å². The van der Waals surface area contributed by atoms with Crippen LogP contribution in [0.3, 0.4) is 0 Å². The van der Waals surface area contributed by atoms with Gasteiger partial charge in [-0.2, -0.15) is 0 Å². The first-order valence-corrected chi connectivity index (χ1v) is 3.27. The number of methoxy groups -OCH3 is 1. The number of hydrogen-bond donors (Lipinski definition) is 2. The highest BCUT2D eigenvalue weighted by molar-refractivity contribution is 5.46. The molecule has 11 heavy (non-hydrogen) atoms. The minimum absolute atomic E-state index is 0.143. The van der Waals surface area contributed by atoms with Crippen molar-refractivity contribution in [2.75, 3.05) is 7.11 Å². The molecule has 3 heteroatoms. The van der Waals surface area contributed by atoms with Crippen LogP contribution in [0.25, 0.3) is 0 Å². The minimum atomic E-state index is 0.143. The Kier molecular flexibility index (Phi) is 2.33. The zero-order valence-corrected chi connectivity index (χ0v) is 6.37. The number of hydrogen-bond acceptors (Lipinski definition) is 2. The quantitative estimate of drug-likeness (QED) is 0.477. The van der Waals surface area contributed by atoms with E-state index in [4.69, 9.17) is 4.74 Å². The zero-order valence-electron chi connectivity index (χ0n) is 6.37. The molecule has 3 N–H and O–H groups in total. The van der Waals surface area contributed by atoms with Gasteiger partial charge in [0.1, 0.15) is 5.69 Å². The third-order valence-corrected chi connectivity index (χ3v) is 1.44. The molecular weight excluding hydrogens is 142 g/mol. The average Bonchev–Trinajstić information content (AvgIpc) is 2.04. The molecule has 0 aliphatic heterocycles. The molecular formula is C8H11NO2. The summed E-state index contributed by atoms with van der Waals surface area (Å²) in [6, 6.07) is 5.13. The Morgan fingerprint density at radius 3 is 2.73 bits per heavy atom. The third-order valence-electron chi connectivity index (χ3n) is 1.44. The van der Waals surface area contributed by atoms with Crippen LogP contribution >= 0.6 is 0 Å². The number of quaternary nitrogens is 1. The Morgan fingerprint density at radius 1 is 1.55 bits per heavy atom. The summed E-state index contributed by atoms with van der Waals surface area (Å²) in [5, 5.41) is 10.9. The second-order valence-electron chi connectivity index (χ2n) is 2.14. The lowest BCUT2D eigenvalue weighted by Crippen LogP contribution is -2.69. The van der Waals surface area contributed by atoms with Gasteiger partial charge < -0.3 is 15.2 Å². The summed E-state index contributed by atoms with van der Waals surface area (Å²) in [5.41, 5.74) is 0.878. The summed E-state index contributed by atoms with van der Waals surface area (Å²) in [6.45, 7) is 0. The van der Waals surface area contributed by atoms with Crippen LogP contribution in [0, 0.1) is 7.05 Å². The molecule has 0 radical (unpaired) electrons. The van der Waals surface area contributed by atoms with Gasteiger partial charge in [-0.3, -0.25) is 0 Å². The van der Waals surface area contributed by atoms with Crippen LogP contribution in [-0.2, 0) is 0 Å². The summed E-state index contributed by atoms with van der Waals surface area (Å²) < 4.78 is 4.86. The Morgan fingerprint density at radius 2 is 2.27 bits per heavy atom. The maximum absolute atomic E-state index is 9.25. The van der Waals surface area contributed by atoms with Gasteiger partial charge in [0.25, 0.3) is 0 Å². The first-order valence-electron chi connectivity index (χ1n) is 3.27. The predicted molar refractivity (Wildman–Crippen MR) is 41.6 cm³/mol. The first kappa shape index (κ1) is 7.88. The van der Waals surface area contributed by atoms with Gasteiger partial charge in [-0.1, -0.05) is 0 Å². The van der Waals surface area contributed by atoms with Gasteiger partial charge in [0.15, 0.2) is 11.5 Å². The number of rotatable bonds is 2. The lowest BCUT2D eigenvalue weighted by molar-refractivity contribution is -0.504. The van der Waals surface area contributed by atoms with E-state index in [1.165, 1.54) is 7.11 Å². The van der Waals surface area contributed by atoms with Gasteiger partial charge in [0, 0.05) is 12.1 Å². The van der Waals surface area contributed by atoms with Crippen LogP contribution in [0.15, 0.2) is 18.2 Å². The van der Waals surface area contributed by atoms with E-state index in [0.29, 0.717) is 5.75 Å². The fraction of sp³-hybridized carbons (Fsp3) is 0.125. The molecule has 0 atom stereocenters. The van der Waals surface area contributed by atoms with Crippen LogP contribution in [-0.4, -0.2) is 12.2 Å². The van der Waals surface area contributed by atoms with Crippen LogP contribution in [0.2, 0.25) is 0 Å². The fourth-order valence-electron chi connectivity index (χ4n) is 0.834. The molecule has 0 amide bonds. The summed E-state index contributed by atoms with van der Waals surface area (Å²) in [6.07, 6.45) is 0. The number of ether oxygens (including phenoxy) is 1. The SMILES string of the molecule is [CH2-][NH2+]c1ccc(OC)c(O)c1. The molecule has 0 aliphatic carbocycles. The molecule has 60 valence electrons. The highest BCUT2D eigenvalue weighted by Gasteiger charge is 2.00. The van der Waals surface area contributed by atoms with E-state index in [1.807, 2.05) is 6.07 Å². The van der Waals surface area contributed by atoms with Crippen LogP contribution in [0.5, 0.6) is 11.5 Å². The number of nitrogens with two attached hydrogens (primary N) is 1. The molecule has 3 nitrogen and oxygen atoms in total. The minimum Gasteiger partial charge on any atom is -0.504 e. The maximum atomic E-state index is 9.25. The van der Waals surface area contributed by atoms with E-state index in [1.54, 1.807) is 17.4 Å². The van der Waals surface area contributed by atoms with Crippen molar-refractivity contribution >= 4 is 5.69 Å².